The Morgan fingerprint density at radius 1 is 0.603 bits per heavy atom. The van der Waals surface area contributed by atoms with E-state index >= 15 is 0 Å². The van der Waals surface area contributed by atoms with Gasteiger partial charge < -0.3 is 34.0 Å². The number of ether oxygens (including phenoxy) is 4. The number of carbonyl (C=O) groups is 1. The van der Waals surface area contributed by atoms with Crippen molar-refractivity contribution in [2.45, 2.75) is 40.0 Å². The molecule has 404 valence electrons. The van der Waals surface area contributed by atoms with Crippen LogP contribution in [0.5, 0.6) is 23.3 Å². The first-order valence-electron chi connectivity index (χ1n) is 22.6. The highest BCUT2D eigenvalue weighted by atomic mass is 19.4. The monoisotopic (exact) mass is 1080 g/mol. The Balaban J connectivity index is 0.000000206. The smallest absolute Gasteiger partial charge is 0.435 e. The summed E-state index contributed by atoms with van der Waals surface area (Å²) in [6, 6.07) is 15.5. The van der Waals surface area contributed by atoms with Gasteiger partial charge in [-0.3, -0.25) is 10.2 Å². The van der Waals surface area contributed by atoms with Crippen molar-refractivity contribution < 1.29 is 54.5 Å². The number of benzene rings is 2. The lowest BCUT2D eigenvalue weighted by Crippen LogP contribution is -2.30. The normalized spacial score (nSPS) is 11.4. The molecule has 7 heterocycles. The van der Waals surface area contributed by atoms with E-state index in [0.29, 0.717) is 34.0 Å². The lowest BCUT2D eigenvalue weighted by atomic mass is 10.1. The van der Waals surface area contributed by atoms with Crippen molar-refractivity contribution in [3.05, 3.63) is 135 Å². The Morgan fingerprint density at radius 3 is 1.49 bits per heavy atom. The van der Waals surface area contributed by atoms with Crippen LogP contribution in [0.3, 0.4) is 0 Å². The maximum Gasteiger partial charge on any atom is 0.435 e. The summed E-state index contributed by atoms with van der Waals surface area (Å²) >= 11 is 0. The summed E-state index contributed by atoms with van der Waals surface area (Å²) in [5, 5.41) is 19.6. The molecule has 0 aliphatic heterocycles. The van der Waals surface area contributed by atoms with Gasteiger partial charge in [-0.25, -0.2) is 45.0 Å². The molecule has 0 aliphatic carbocycles. The average Bonchev–Trinajstić information content (AvgIpc) is 4.19. The van der Waals surface area contributed by atoms with Gasteiger partial charge in [-0.15, -0.1) is 5.10 Å². The van der Waals surface area contributed by atoms with E-state index in [-0.39, 0.29) is 74.8 Å². The van der Waals surface area contributed by atoms with E-state index in [1.807, 2.05) is 43.5 Å². The number of hydrazine groups is 1. The number of aryl methyl sites for hydroxylation is 4. The van der Waals surface area contributed by atoms with Crippen LogP contribution in [0.4, 0.5) is 49.6 Å². The van der Waals surface area contributed by atoms with Crippen molar-refractivity contribution >= 4 is 29.2 Å². The second kappa shape index (κ2) is 22.1. The Kier molecular flexibility index (Phi) is 15.4. The summed E-state index contributed by atoms with van der Waals surface area (Å²) in [5.41, 5.74) is 4.60. The molecule has 1 amide bonds. The molecule has 0 bridgehead atoms. The fraction of sp³-hybridized carbons (Fsp3) is 0.204. The number of methoxy groups -OCH3 is 4. The van der Waals surface area contributed by atoms with Gasteiger partial charge in [-0.05, 0) is 87.4 Å². The number of nitrogens with one attached hydrogen (secondary N) is 4. The van der Waals surface area contributed by atoms with Gasteiger partial charge in [0.05, 0.1) is 28.4 Å². The van der Waals surface area contributed by atoms with Crippen molar-refractivity contribution in [2.24, 2.45) is 5.84 Å². The number of nitrogens with two attached hydrogens (primary N) is 1. The van der Waals surface area contributed by atoms with Gasteiger partial charge in [0.15, 0.2) is 23.0 Å². The van der Waals surface area contributed by atoms with Crippen molar-refractivity contribution in [1.29, 1.82) is 0 Å². The number of H-pyrrole nitrogens is 1. The van der Waals surface area contributed by atoms with Gasteiger partial charge in [-0.2, -0.15) is 46.5 Å². The highest BCUT2D eigenvalue weighted by molar-refractivity contribution is 5.97. The Bertz CT molecular complexity index is 3740. The number of anilines is 4. The van der Waals surface area contributed by atoms with Crippen LogP contribution in [-0.4, -0.2) is 94.0 Å². The standard InChI is InChI=1S/C25H21F3N8O4.C24H23F3N8O3/c1-12-5-15(9-16(6-12)38-3)31-23-30-11-18(20(32-23)36-13(2)7-19(35-36)25(26,27)28)14-8-17(21(39-4)29-10-14)22-33-34-24(37)40-22;1-12-5-15(9-16(6-12)37-3)31-23-30-11-18(14-8-17(21(36)33-28)22(38-4)29-10-14)20(32-23)35-13(2)7-19(34-35)24(25,26)27/h5-11H,1-4H3,(H,34,37)(H,30,31,32);5-11H,28H2,1-4H3,(H,33,36)(H,30,31,32). The first-order chi connectivity index (χ1) is 37.1. The van der Waals surface area contributed by atoms with Crippen molar-refractivity contribution in [1.82, 2.24) is 65.1 Å². The maximum absolute atomic E-state index is 13.5. The van der Waals surface area contributed by atoms with Crippen LogP contribution in [0.15, 0.2) is 94.7 Å². The maximum atomic E-state index is 13.5. The number of hydrogen-bond donors (Lipinski definition) is 5. The number of rotatable bonds is 14. The van der Waals surface area contributed by atoms with Gasteiger partial charge in [0.2, 0.25) is 23.7 Å². The predicted molar refractivity (Wildman–Crippen MR) is 267 cm³/mol. The van der Waals surface area contributed by atoms with Crippen LogP contribution >= 0.6 is 0 Å². The zero-order chi connectivity index (χ0) is 56.2. The predicted octanol–water partition coefficient (Wildman–Crippen LogP) is 8.19. The van der Waals surface area contributed by atoms with E-state index in [1.165, 1.54) is 79.2 Å². The highest BCUT2D eigenvalue weighted by Crippen LogP contribution is 2.37. The Morgan fingerprint density at radius 2 is 1.08 bits per heavy atom. The summed E-state index contributed by atoms with van der Waals surface area (Å²) in [6.45, 7) is 6.69. The number of aromatic amines is 1. The van der Waals surface area contributed by atoms with Crippen LogP contribution < -0.4 is 46.6 Å². The quantitative estimate of drug-likeness (QED) is 0.0297. The molecule has 0 aliphatic rings. The van der Waals surface area contributed by atoms with E-state index in [9.17, 15) is 35.9 Å². The van der Waals surface area contributed by atoms with Gasteiger partial charge in [0.25, 0.3) is 11.8 Å². The fourth-order valence-corrected chi connectivity index (χ4v) is 7.65. The molecule has 0 saturated carbocycles. The summed E-state index contributed by atoms with van der Waals surface area (Å²) in [7, 11) is 5.77. The molecule has 9 rings (SSSR count). The van der Waals surface area contributed by atoms with Crippen molar-refractivity contribution in [3.8, 4) is 68.6 Å². The summed E-state index contributed by atoms with van der Waals surface area (Å²) in [4.78, 5) is 49.9. The first kappa shape index (κ1) is 54.3. The number of nitrogen functional groups attached to an aromatic ring is 1. The van der Waals surface area contributed by atoms with Crippen molar-refractivity contribution in [3.63, 3.8) is 0 Å². The lowest BCUT2D eigenvalue weighted by Gasteiger charge is -2.14. The molecule has 29 heteroatoms. The van der Waals surface area contributed by atoms with Gasteiger partial charge in [0.1, 0.15) is 22.6 Å². The molecule has 78 heavy (non-hydrogen) atoms. The second-order valence-corrected chi connectivity index (χ2v) is 16.7. The second-order valence-electron chi connectivity index (χ2n) is 16.7. The number of carbonyl (C=O) groups excluding carboxylic acids is 1. The molecule has 6 N–H and O–H groups in total. The molecule has 0 atom stereocenters. The van der Waals surface area contributed by atoms with Crippen LogP contribution in [0, 0.1) is 27.7 Å². The first-order valence-corrected chi connectivity index (χ1v) is 22.6. The molecule has 0 spiro atoms. The van der Waals surface area contributed by atoms with Gasteiger partial charge in [-0.1, -0.05) is 0 Å². The molecule has 0 radical (unpaired) electrons. The zero-order valence-corrected chi connectivity index (χ0v) is 42.2. The minimum Gasteiger partial charge on any atom is -0.497 e. The van der Waals surface area contributed by atoms with Gasteiger partial charge >= 0.3 is 18.1 Å². The fourth-order valence-electron chi connectivity index (χ4n) is 7.65. The molecular formula is C49H44F6N16O7. The lowest BCUT2D eigenvalue weighted by molar-refractivity contribution is -0.142. The number of hydrogen-bond acceptors (Lipinski definition) is 19. The SMILES string of the molecule is COc1cc(C)cc(Nc2ncc(-c3cnc(OC)c(-c4n[nH]c(=O)o4)c3)c(-n3nc(C(F)(F)F)cc3C)n2)c1.COc1cc(C)cc(Nc2ncc(-c3cnc(OC)c(C(=O)NN)c3)c(-n3nc(C(F)(F)F)cc3C)n2)c1. The molecule has 0 fully saturated rings. The topological polar surface area (TPSA) is 288 Å². The molecule has 2 aromatic carbocycles. The van der Waals surface area contributed by atoms with Crippen molar-refractivity contribution in [2.75, 3.05) is 39.1 Å². The largest absolute Gasteiger partial charge is 0.497 e. The van der Waals surface area contributed by atoms with E-state index < -0.39 is 35.4 Å². The zero-order valence-electron chi connectivity index (χ0n) is 42.2. The number of halogens is 6. The Hall–Kier alpha value is -9.93. The molecule has 0 saturated heterocycles. The average molecular weight is 1080 g/mol. The molecule has 9 aromatic rings. The number of amides is 1. The highest BCUT2D eigenvalue weighted by Gasteiger charge is 2.36. The minimum atomic E-state index is -4.67. The molecular weight excluding hydrogens is 1040 g/mol. The van der Waals surface area contributed by atoms with E-state index in [1.54, 1.807) is 12.1 Å². The number of alkyl halides is 6. The summed E-state index contributed by atoms with van der Waals surface area (Å²) in [5.74, 6) is 5.23. The van der Waals surface area contributed by atoms with E-state index in [0.717, 1.165) is 32.6 Å². The van der Waals surface area contributed by atoms with E-state index in [4.69, 9.17) is 29.2 Å². The minimum absolute atomic E-state index is 0.000442. The Labute approximate surface area is 436 Å². The number of nitrogens with zero attached hydrogens (tertiary/aromatic N) is 11. The molecule has 23 nitrogen and oxygen atoms in total. The molecule has 0 unspecified atom stereocenters. The van der Waals surface area contributed by atoms with Crippen LogP contribution in [0.1, 0.15) is 44.3 Å². The third kappa shape index (κ3) is 11.9. The summed E-state index contributed by atoms with van der Waals surface area (Å²) < 4.78 is 109. The van der Waals surface area contributed by atoms with Crippen LogP contribution in [0.25, 0.3) is 45.3 Å². The third-order valence-electron chi connectivity index (χ3n) is 11.1. The van der Waals surface area contributed by atoms with Crippen LogP contribution in [-0.2, 0) is 12.4 Å². The van der Waals surface area contributed by atoms with Gasteiger partial charge in [0, 0.05) is 81.9 Å². The van der Waals surface area contributed by atoms with E-state index in [2.05, 4.69) is 60.9 Å². The third-order valence-corrected chi connectivity index (χ3v) is 11.1. The molecule has 7 aromatic heterocycles. The summed E-state index contributed by atoms with van der Waals surface area (Å²) in [6.07, 6.45) is -3.75. The van der Waals surface area contributed by atoms with Crippen LogP contribution in [0.2, 0.25) is 0 Å². The number of aromatic nitrogens is 12. The number of pyridine rings is 2.